The van der Waals surface area contributed by atoms with Crippen LogP contribution in [-0.2, 0) is 9.53 Å². The predicted molar refractivity (Wildman–Crippen MR) is 139 cm³/mol. The number of fused-ring (bicyclic) bond motifs is 1. The molecule has 1 spiro atoms. The summed E-state index contributed by atoms with van der Waals surface area (Å²) in [5, 5.41) is 0.385. The molecule has 0 atom stereocenters. The van der Waals surface area contributed by atoms with Crippen LogP contribution in [0.4, 0.5) is 14.5 Å². The lowest BCUT2D eigenvalue weighted by Crippen LogP contribution is -2.45. The topological polar surface area (TPSA) is 85.4 Å². The number of aromatic nitrogens is 1. The largest absolute Gasteiger partial charge is 0.493 e. The highest BCUT2D eigenvalue weighted by molar-refractivity contribution is 5.84. The Morgan fingerprint density at radius 1 is 1.26 bits per heavy atom. The number of amides is 1. The number of carbonyl (C=O) groups excluding carboxylic acids is 1. The summed E-state index contributed by atoms with van der Waals surface area (Å²) in [7, 11) is 1.45. The third-order valence-electron chi connectivity index (χ3n) is 7.02. The lowest BCUT2D eigenvalue weighted by Gasteiger charge is -2.37. The van der Waals surface area contributed by atoms with Crippen molar-refractivity contribution < 1.29 is 32.5 Å². The molecule has 1 aromatic heterocycles. The monoisotopic (exact) mass is 525 g/mol. The van der Waals surface area contributed by atoms with Crippen molar-refractivity contribution in [3.05, 3.63) is 54.0 Å². The fraction of sp³-hybridized carbons (Fsp3) is 0.357. The number of aromatic amines is 1. The molecule has 0 aliphatic carbocycles. The maximum atomic E-state index is 15.0. The number of aliphatic imine (C=N–C) groups is 1. The van der Waals surface area contributed by atoms with Gasteiger partial charge in [-0.1, -0.05) is 6.58 Å². The lowest BCUT2D eigenvalue weighted by atomic mass is 9.85. The minimum atomic E-state index is -0.547. The average molecular weight is 526 g/mol. The highest BCUT2D eigenvalue weighted by atomic mass is 19.1. The average Bonchev–Trinajstić information content (AvgIpc) is 3.50. The Kier molecular flexibility index (Phi) is 7.07. The van der Waals surface area contributed by atoms with Crippen LogP contribution in [0.1, 0.15) is 24.1 Å². The molecule has 8 nitrogen and oxygen atoms in total. The van der Waals surface area contributed by atoms with Gasteiger partial charge in [-0.15, -0.1) is 0 Å². The van der Waals surface area contributed by atoms with Gasteiger partial charge in [0, 0.05) is 46.7 Å². The van der Waals surface area contributed by atoms with Gasteiger partial charge in [0.1, 0.15) is 5.76 Å². The number of aryl methyl sites for hydroxylation is 1. The van der Waals surface area contributed by atoms with Crippen LogP contribution >= 0.6 is 0 Å². The molecule has 0 bridgehead atoms. The summed E-state index contributed by atoms with van der Waals surface area (Å²) in [4.78, 5) is 21.3. The van der Waals surface area contributed by atoms with Crippen LogP contribution in [0.3, 0.4) is 0 Å². The molecule has 2 aromatic carbocycles. The van der Waals surface area contributed by atoms with Gasteiger partial charge < -0.3 is 28.8 Å². The van der Waals surface area contributed by atoms with E-state index in [1.165, 1.54) is 25.3 Å². The van der Waals surface area contributed by atoms with Gasteiger partial charge in [0.25, 0.3) is 0 Å². The van der Waals surface area contributed by atoms with E-state index < -0.39 is 5.82 Å². The zero-order valence-corrected chi connectivity index (χ0v) is 21.3. The van der Waals surface area contributed by atoms with Crippen molar-refractivity contribution in [2.45, 2.75) is 19.8 Å². The summed E-state index contributed by atoms with van der Waals surface area (Å²) in [6, 6.07) is 7.87. The molecule has 2 aliphatic heterocycles. The zero-order chi connectivity index (χ0) is 26.9. The molecular formula is C28H29F2N3O5. The molecule has 1 N–H and O–H groups in total. The van der Waals surface area contributed by atoms with Gasteiger partial charge >= 0.3 is 0 Å². The first-order valence-electron chi connectivity index (χ1n) is 12.3. The van der Waals surface area contributed by atoms with E-state index in [1.807, 2.05) is 11.8 Å². The van der Waals surface area contributed by atoms with E-state index in [9.17, 15) is 9.18 Å². The van der Waals surface area contributed by atoms with Crippen LogP contribution in [0.15, 0.2) is 41.9 Å². The summed E-state index contributed by atoms with van der Waals surface area (Å²) in [6.45, 7) is 8.80. The highest BCUT2D eigenvalue weighted by Gasteiger charge is 2.45. The van der Waals surface area contributed by atoms with Gasteiger partial charge in [0.2, 0.25) is 5.91 Å². The third-order valence-corrected chi connectivity index (χ3v) is 7.02. The molecule has 200 valence electrons. The summed E-state index contributed by atoms with van der Waals surface area (Å²) < 4.78 is 50.6. The molecule has 38 heavy (non-hydrogen) atoms. The smallest absolute Gasteiger partial charge is 0.226 e. The molecule has 1 amide bonds. The van der Waals surface area contributed by atoms with Gasteiger partial charge in [0.15, 0.2) is 29.5 Å². The first kappa shape index (κ1) is 25.7. The minimum Gasteiger partial charge on any atom is -0.493 e. The Bertz CT molecular complexity index is 1410. The summed E-state index contributed by atoms with van der Waals surface area (Å²) in [5.74, 6) is 0.0430. The lowest BCUT2D eigenvalue weighted by molar-refractivity contribution is -0.135. The van der Waals surface area contributed by atoms with Crippen molar-refractivity contribution in [1.29, 1.82) is 0 Å². The molecule has 0 saturated carbocycles. The molecule has 5 rings (SSSR count). The number of methoxy groups -OCH3 is 1. The Labute approximate surface area is 218 Å². The summed E-state index contributed by atoms with van der Waals surface area (Å²) in [5.41, 5.74) is 2.01. The number of likely N-dealkylation sites (tertiary alicyclic amines) is 1. The SMILES string of the molecule is C=C(Oc1ccc2[nH]c(C)cc2c1F)c1cc(OC)c(OCCC(=O)N2CCC3(COC3)C2)cc1/N=C\F. The molecule has 3 heterocycles. The van der Waals surface area contributed by atoms with Crippen LogP contribution in [0.25, 0.3) is 16.7 Å². The van der Waals surface area contributed by atoms with E-state index in [-0.39, 0.29) is 59.3 Å². The van der Waals surface area contributed by atoms with Crippen molar-refractivity contribution >= 4 is 34.7 Å². The molecule has 2 aliphatic rings. The van der Waals surface area contributed by atoms with Gasteiger partial charge in [-0.25, -0.2) is 9.38 Å². The number of halogens is 2. The van der Waals surface area contributed by atoms with E-state index >= 15 is 4.39 Å². The van der Waals surface area contributed by atoms with E-state index in [1.54, 1.807) is 12.1 Å². The molecule has 2 saturated heterocycles. The number of ether oxygens (including phenoxy) is 4. The Hall–Kier alpha value is -3.92. The normalized spacial score (nSPS) is 16.3. The molecule has 0 unspecified atom stereocenters. The van der Waals surface area contributed by atoms with Crippen LogP contribution < -0.4 is 14.2 Å². The number of hydrogen-bond donors (Lipinski definition) is 1. The number of nitrogens with one attached hydrogen (secondary N) is 1. The van der Waals surface area contributed by atoms with Gasteiger partial charge in [-0.05, 0) is 37.6 Å². The fourth-order valence-electron chi connectivity index (χ4n) is 4.94. The summed E-state index contributed by atoms with van der Waals surface area (Å²) in [6.07, 6.45) is 1.13. The first-order chi connectivity index (χ1) is 18.3. The Morgan fingerprint density at radius 2 is 2.08 bits per heavy atom. The number of hydrogen-bond acceptors (Lipinski definition) is 6. The van der Waals surface area contributed by atoms with Gasteiger partial charge in [-0.2, -0.15) is 4.39 Å². The van der Waals surface area contributed by atoms with Crippen LogP contribution in [-0.4, -0.2) is 62.3 Å². The maximum Gasteiger partial charge on any atom is 0.226 e. The van der Waals surface area contributed by atoms with Crippen molar-refractivity contribution in [2.75, 3.05) is 40.0 Å². The van der Waals surface area contributed by atoms with Crippen molar-refractivity contribution in [3.8, 4) is 17.2 Å². The van der Waals surface area contributed by atoms with E-state index in [2.05, 4.69) is 16.6 Å². The maximum absolute atomic E-state index is 15.0. The first-order valence-corrected chi connectivity index (χ1v) is 12.3. The fourth-order valence-corrected chi connectivity index (χ4v) is 4.94. The molecular weight excluding hydrogens is 496 g/mol. The Morgan fingerprint density at radius 3 is 2.76 bits per heavy atom. The molecule has 2 fully saturated rings. The van der Waals surface area contributed by atoms with Gasteiger partial charge in [-0.3, -0.25) is 4.79 Å². The van der Waals surface area contributed by atoms with Crippen LogP contribution in [0, 0.1) is 18.2 Å². The van der Waals surface area contributed by atoms with Crippen molar-refractivity contribution in [3.63, 3.8) is 0 Å². The summed E-state index contributed by atoms with van der Waals surface area (Å²) >= 11 is 0. The van der Waals surface area contributed by atoms with Crippen LogP contribution in [0.2, 0.25) is 0 Å². The second-order valence-corrected chi connectivity index (χ2v) is 9.72. The van der Waals surface area contributed by atoms with Crippen LogP contribution in [0.5, 0.6) is 17.2 Å². The minimum absolute atomic E-state index is 0.00440. The zero-order valence-electron chi connectivity index (χ0n) is 21.3. The van der Waals surface area contributed by atoms with E-state index in [4.69, 9.17) is 18.9 Å². The number of carbonyl (C=O) groups is 1. The quantitative estimate of drug-likeness (QED) is 0.302. The van der Waals surface area contributed by atoms with E-state index in [0.29, 0.717) is 36.4 Å². The third kappa shape index (κ3) is 4.96. The number of nitrogens with zero attached hydrogens (tertiary/aromatic N) is 2. The molecule has 3 aromatic rings. The standard InChI is InChI=1S/C28H29F2N3O5/c1-17-10-20-21(32-17)4-5-23(27(20)30)38-18(2)19-11-24(35-3)25(12-22(19)31-16-29)37-9-6-26(34)33-8-7-28(13-33)14-36-15-28/h4-5,10-12,16,32H,2,6-9,13-15H2,1,3H3/b31-16-. The van der Waals surface area contributed by atoms with Crippen molar-refractivity contribution in [2.24, 2.45) is 10.4 Å². The van der Waals surface area contributed by atoms with E-state index in [0.717, 1.165) is 18.7 Å². The highest BCUT2D eigenvalue weighted by Crippen LogP contribution is 2.40. The Balaban J connectivity index is 1.29. The second-order valence-electron chi connectivity index (χ2n) is 9.72. The van der Waals surface area contributed by atoms with Crippen molar-refractivity contribution in [1.82, 2.24) is 9.88 Å². The number of benzene rings is 2. The molecule has 0 radical (unpaired) electrons. The predicted octanol–water partition coefficient (Wildman–Crippen LogP) is 5.32. The number of H-pyrrole nitrogens is 1. The molecule has 10 heteroatoms. The van der Waals surface area contributed by atoms with Gasteiger partial charge in [0.05, 0.1) is 39.0 Å². The number of rotatable bonds is 9. The second kappa shape index (κ2) is 10.4.